The van der Waals surface area contributed by atoms with Gasteiger partial charge in [0.25, 0.3) is 0 Å². The van der Waals surface area contributed by atoms with E-state index in [9.17, 15) is 5.11 Å². The molecule has 0 spiro atoms. The summed E-state index contributed by atoms with van der Waals surface area (Å²) in [4.78, 5) is 9.30. The van der Waals surface area contributed by atoms with E-state index in [0.717, 1.165) is 44.8 Å². The van der Waals surface area contributed by atoms with E-state index in [1.807, 2.05) is 12.3 Å². The highest BCUT2D eigenvalue weighted by Gasteiger charge is 2.27. The van der Waals surface area contributed by atoms with Crippen LogP contribution in [0.25, 0.3) is 5.69 Å². The van der Waals surface area contributed by atoms with Gasteiger partial charge in [0, 0.05) is 63.5 Å². The minimum absolute atomic E-state index is 0.231. The van der Waals surface area contributed by atoms with Crippen LogP contribution in [0.1, 0.15) is 23.2 Å². The van der Waals surface area contributed by atoms with Crippen molar-refractivity contribution in [2.24, 2.45) is 0 Å². The minimum Gasteiger partial charge on any atom is -0.396 e. The molecule has 5 heteroatoms. The summed E-state index contributed by atoms with van der Waals surface area (Å²) in [6.07, 6.45) is 6.62. The second-order valence-corrected chi connectivity index (χ2v) is 7.88. The van der Waals surface area contributed by atoms with E-state index < -0.39 is 0 Å². The van der Waals surface area contributed by atoms with Gasteiger partial charge in [-0.1, -0.05) is 24.3 Å². The maximum absolute atomic E-state index is 9.64. The van der Waals surface area contributed by atoms with E-state index in [2.05, 4.69) is 74.9 Å². The smallest absolute Gasteiger partial charge is 0.0636 e. The fourth-order valence-corrected chi connectivity index (χ4v) is 4.26. The molecule has 1 saturated heterocycles. The number of aryl methyl sites for hydroxylation is 1. The number of piperazine rings is 1. The Hall–Kier alpha value is -2.47. The van der Waals surface area contributed by atoms with Crippen molar-refractivity contribution >= 4 is 0 Å². The number of nitrogens with zero attached hydrogens (tertiary/aromatic N) is 4. The van der Waals surface area contributed by atoms with Gasteiger partial charge in [0.15, 0.2) is 0 Å². The number of aliphatic hydroxyl groups excluding tert-OH is 1. The van der Waals surface area contributed by atoms with Crippen LogP contribution in [0.2, 0.25) is 0 Å². The zero-order chi connectivity index (χ0) is 20.1. The van der Waals surface area contributed by atoms with Crippen molar-refractivity contribution in [2.45, 2.75) is 32.5 Å². The van der Waals surface area contributed by atoms with Crippen molar-refractivity contribution < 1.29 is 5.11 Å². The van der Waals surface area contributed by atoms with Crippen LogP contribution in [0.3, 0.4) is 0 Å². The molecule has 2 aromatic heterocycles. The monoisotopic (exact) mass is 390 g/mol. The first-order chi connectivity index (χ1) is 14.2. The van der Waals surface area contributed by atoms with E-state index in [4.69, 9.17) is 0 Å². The van der Waals surface area contributed by atoms with E-state index in [1.54, 1.807) is 6.20 Å². The molecule has 1 aromatic carbocycles. The lowest BCUT2D eigenvalue weighted by atomic mass is 10.0. The molecule has 5 nitrogen and oxygen atoms in total. The molecule has 3 heterocycles. The summed E-state index contributed by atoms with van der Waals surface area (Å²) in [5.41, 5.74) is 5.09. The van der Waals surface area contributed by atoms with Crippen LogP contribution < -0.4 is 0 Å². The standard InChI is InChI=1S/C24H30N4O/c1-20-6-2-3-7-21(20)17-27-14-13-26(18-23(27)10-15-29)19-24-9-5-12-28(24)22-8-4-11-25-16-22/h2-9,11-12,16,23,29H,10,13-15,17-19H2,1H3/t23-/m1/s1. The Morgan fingerprint density at radius 3 is 2.72 bits per heavy atom. The highest BCUT2D eigenvalue weighted by molar-refractivity contribution is 5.32. The Morgan fingerprint density at radius 2 is 1.93 bits per heavy atom. The fraction of sp³-hybridized carbons (Fsp3) is 0.375. The van der Waals surface area contributed by atoms with Crippen molar-refractivity contribution in [1.82, 2.24) is 19.4 Å². The van der Waals surface area contributed by atoms with Crippen LogP contribution in [0.4, 0.5) is 0 Å². The molecule has 0 radical (unpaired) electrons. The maximum Gasteiger partial charge on any atom is 0.0636 e. The molecular formula is C24H30N4O. The number of rotatable bonds is 7. The third kappa shape index (κ3) is 4.75. The summed E-state index contributed by atoms with van der Waals surface area (Å²) >= 11 is 0. The van der Waals surface area contributed by atoms with E-state index in [1.165, 1.54) is 16.8 Å². The quantitative estimate of drug-likeness (QED) is 0.673. The average molecular weight is 391 g/mol. The minimum atomic E-state index is 0.231. The largest absolute Gasteiger partial charge is 0.396 e. The molecule has 29 heavy (non-hydrogen) atoms. The molecule has 0 unspecified atom stereocenters. The van der Waals surface area contributed by atoms with Gasteiger partial charge in [-0.3, -0.25) is 14.8 Å². The molecule has 1 N–H and O–H groups in total. The molecule has 0 bridgehead atoms. The molecule has 0 aliphatic carbocycles. The van der Waals surface area contributed by atoms with Crippen LogP contribution >= 0.6 is 0 Å². The third-order valence-corrected chi connectivity index (χ3v) is 5.93. The first-order valence-corrected chi connectivity index (χ1v) is 10.4. The predicted molar refractivity (Wildman–Crippen MR) is 116 cm³/mol. The van der Waals surface area contributed by atoms with Crippen LogP contribution in [-0.4, -0.2) is 56.7 Å². The third-order valence-electron chi connectivity index (χ3n) is 5.93. The van der Waals surface area contributed by atoms with Crippen LogP contribution in [0.15, 0.2) is 67.1 Å². The molecule has 0 saturated carbocycles. The first kappa shape index (κ1) is 19.8. The van der Waals surface area contributed by atoms with Gasteiger partial charge in [0.1, 0.15) is 0 Å². The predicted octanol–water partition coefficient (Wildman–Crippen LogP) is 3.25. The van der Waals surface area contributed by atoms with Crippen LogP contribution in [0.5, 0.6) is 0 Å². The van der Waals surface area contributed by atoms with Gasteiger partial charge in [0.05, 0.1) is 11.9 Å². The number of aliphatic hydroxyl groups is 1. The topological polar surface area (TPSA) is 44.5 Å². The van der Waals surface area contributed by atoms with Crippen molar-refractivity contribution in [1.29, 1.82) is 0 Å². The highest BCUT2D eigenvalue weighted by atomic mass is 16.3. The molecule has 1 fully saturated rings. The van der Waals surface area contributed by atoms with Gasteiger partial charge in [-0.25, -0.2) is 0 Å². The van der Waals surface area contributed by atoms with Gasteiger partial charge in [0.2, 0.25) is 0 Å². The van der Waals surface area contributed by atoms with Crippen LogP contribution in [0, 0.1) is 6.92 Å². The number of hydrogen-bond donors (Lipinski definition) is 1. The molecule has 1 aliphatic heterocycles. The Labute approximate surface area is 173 Å². The van der Waals surface area contributed by atoms with Gasteiger partial charge in [-0.2, -0.15) is 0 Å². The summed E-state index contributed by atoms with van der Waals surface area (Å²) in [6.45, 7) is 7.30. The van der Waals surface area contributed by atoms with Crippen molar-refractivity contribution in [3.8, 4) is 5.69 Å². The van der Waals surface area contributed by atoms with Crippen LogP contribution in [-0.2, 0) is 13.1 Å². The van der Waals surface area contributed by atoms with E-state index in [0.29, 0.717) is 6.04 Å². The van der Waals surface area contributed by atoms with Crippen molar-refractivity contribution in [2.75, 3.05) is 26.2 Å². The number of hydrogen-bond acceptors (Lipinski definition) is 4. The van der Waals surface area contributed by atoms with Gasteiger partial charge >= 0.3 is 0 Å². The molecule has 1 aliphatic rings. The number of benzene rings is 1. The Kier molecular flexibility index (Phi) is 6.39. The number of aromatic nitrogens is 2. The normalized spacial score (nSPS) is 18.2. The fourth-order valence-electron chi connectivity index (χ4n) is 4.26. The molecular weight excluding hydrogens is 360 g/mol. The molecule has 4 rings (SSSR count). The lowest BCUT2D eigenvalue weighted by molar-refractivity contribution is 0.0491. The van der Waals surface area contributed by atoms with Crippen molar-refractivity contribution in [3.63, 3.8) is 0 Å². The summed E-state index contributed by atoms with van der Waals surface area (Å²) in [5, 5.41) is 9.64. The second kappa shape index (κ2) is 9.35. The van der Waals surface area contributed by atoms with Gasteiger partial charge in [-0.05, 0) is 48.7 Å². The average Bonchev–Trinajstić information content (AvgIpc) is 3.20. The van der Waals surface area contributed by atoms with Crippen molar-refractivity contribution in [3.05, 3.63) is 83.9 Å². The summed E-state index contributed by atoms with van der Waals surface area (Å²) in [6, 6.07) is 17.3. The Bertz CT molecular complexity index is 908. The Balaban J connectivity index is 1.44. The van der Waals surface area contributed by atoms with Gasteiger partial charge < -0.3 is 9.67 Å². The van der Waals surface area contributed by atoms with E-state index >= 15 is 0 Å². The zero-order valence-electron chi connectivity index (χ0n) is 17.1. The Morgan fingerprint density at radius 1 is 1.03 bits per heavy atom. The molecule has 1 atom stereocenters. The maximum atomic E-state index is 9.64. The highest BCUT2D eigenvalue weighted by Crippen LogP contribution is 2.21. The van der Waals surface area contributed by atoms with Gasteiger partial charge in [-0.15, -0.1) is 0 Å². The first-order valence-electron chi connectivity index (χ1n) is 10.4. The lowest BCUT2D eigenvalue weighted by Crippen LogP contribution is -2.52. The second-order valence-electron chi connectivity index (χ2n) is 7.88. The van der Waals surface area contributed by atoms with E-state index in [-0.39, 0.29) is 6.61 Å². The summed E-state index contributed by atoms with van der Waals surface area (Å²) in [7, 11) is 0. The zero-order valence-corrected chi connectivity index (χ0v) is 17.1. The summed E-state index contributed by atoms with van der Waals surface area (Å²) < 4.78 is 2.22. The summed E-state index contributed by atoms with van der Waals surface area (Å²) in [5.74, 6) is 0. The SMILES string of the molecule is Cc1ccccc1CN1CCN(Cc2cccn2-c2cccnc2)C[C@H]1CCO. The molecule has 3 aromatic rings. The molecule has 0 amide bonds. The lowest BCUT2D eigenvalue weighted by Gasteiger charge is -2.41. The molecule has 152 valence electrons. The number of pyridine rings is 1.